The fraction of sp³-hybridized carbons (Fsp3) is 0.182. The zero-order valence-corrected chi connectivity index (χ0v) is 12.1. The maximum Gasteiger partial charge on any atom is 0.417 e. The van der Waals surface area contributed by atoms with Gasteiger partial charge in [0, 0.05) is 21.1 Å². The van der Waals surface area contributed by atoms with Gasteiger partial charge in [-0.25, -0.2) is 0 Å². The van der Waals surface area contributed by atoms with Crippen LogP contribution in [0.5, 0.6) is 0 Å². The van der Waals surface area contributed by atoms with Gasteiger partial charge in [0.2, 0.25) is 0 Å². The van der Waals surface area contributed by atoms with Crippen molar-refractivity contribution in [2.45, 2.75) is 6.18 Å². The van der Waals surface area contributed by atoms with Crippen molar-refractivity contribution in [3.8, 4) is 0 Å². The Morgan fingerprint density at radius 3 is 2.50 bits per heavy atom. The molecule has 0 aromatic heterocycles. The summed E-state index contributed by atoms with van der Waals surface area (Å²) >= 11 is 5.84. The SMILES string of the molecule is C=C(Br)CNC(=O)c1ccc(Br)c(C(F)(F)F)c1. The number of carbonyl (C=O) groups excluding carboxylic acids is 1. The minimum atomic E-state index is -4.51. The average molecular weight is 387 g/mol. The molecule has 0 radical (unpaired) electrons. The van der Waals surface area contributed by atoms with E-state index in [-0.39, 0.29) is 16.6 Å². The van der Waals surface area contributed by atoms with E-state index >= 15 is 0 Å². The van der Waals surface area contributed by atoms with Crippen LogP contribution in [0.4, 0.5) is 13.2 Å². The second kappa shape index (κ2) is 5.88. The van der Waals surface area contributed by atoms with Gasteiger partial charge in [-0.1, -0.05) is 38.4 Å². The number of halogens is 5. The molecule has 98 valence electrons. The van der Waals surface area contributed by atoms with Gasteiger partial charge in [-0.3, -0.25) is 4.79 Å². The summed E-state index contributed by atoms with van der Waals surface area (Å²) < 4.78 is 38.3. The topological polar surface area (TPSA) is 29.1 Å². The molecule has 1 aromatic rings. The highest BCUT2D eigenvalue weighted by Gasteiger charge is 2.33. The van der Waals surface area contributed by atoms with Gasteiger partial charge < -0.3 is 5.32 Å². The first-order valence-electron chi connectivity index (χ1n) is 4.70. The Morgan fingerprint density at radius 2 is 2.00 bits per heavy atom. The molecule has 2 nitrogen and oxygen atoms in total. The zero-order chi connectivity index (χ0) is 13.9. The van der Waals surface area contributed by atoms with Crippen LogP contribution in [0.1, 0.15) is 15.9 Å². The molecule has 18 heavy (non-hydrogen) atoms. The van der Waals surface area contributed by atoms with Gasteiger partial charge in [0.15, 0.2) is 0 Å². The minimum Gasteiger partial charge on any atom is -0.347 e. The molecule has 1 rings (SSSR count). The van der Waals surface area contributed by atoms with Crippen LogP contribution in [-0.2, 0) is 6.18 Å². The normalized spacial score (nSPS) is 11.2. The third-order valence-corrected chi connectivity index (χ3v) is 2.95. The Kier molecular flexibility index (Phi) is 4.98. The molecule has 0 bridgehead atoms. The molecular weight excluding hydrogens is 379 g/mol. The van der Waals surface area contributed by atoms with Crippen molar-refractivity contribution >= 4 is 37.8 Å². The molecule has 1 aromatic carbocycles. The summed E-state index contributed by atoms with van der Waals surface area (Å²) in [6, 6.07) is 3.31. The summed E-state index contributed by atoms with van der Waals surface area (Å²) in [6.07, 6.45) is -4.51. The predicted octanol–water partition coefficient (Wildman–Crippen LogP) is 4.11. The molecule has 0 atom stereocenters. The van der Waals surface area contributed by atoms with Gasteiger partial charge in [-0.15, -0.1) is 0 Å². The van der Waals surface area contributed by atoms with Gasteiger partial charge >= 0.3 is 6.18 Å². The zero-order valence-electron chi connectivity index (χ0n) is 8.94. The summed E-state index contributed by atoms with van der Waals surface area (Å²) in [5.41, 5.74) is -0.938. The number of nitrogens with one attached hydrogen (secondary N) is 1. The lowest BCUT2D eigenvalue weighted by Gasteiger charge is -2.11. The number of rotatable bonds is 3. The number of benzene rings is 1. The Morgan fingerprint density at radius 1 is 1.39 bits per heavy atom. The fourth-order valence-electron chi connectivity index (χ4n) is 1.16. The third-order valence-electron chi connectivity index (χ3n) is 1.97. The first kappa shape index (κ1) is 15.2. The molecule has 0 fully saturated rings. The quantitative estimate of drug-likeness (QED) is 0.832. The summed E-state index contributed by atoms with van der Waals surface area (Å²) in [5, 5.41) is 2.43. The second-order valence-electron chi connectivity index (χ2n) is 3.39. The van der Waals surface area contributed by atoms with Crippen molar-refractivity contribution in [1.82, 2.24) is 5.32 Å². The number of carbonyl (C=O) groups is 1. The highest BCUT2D eigenvalue weighted by Crippen LogP contribution is 2.35. The lowest BCUT2D eigenvalue weighted by Crippen LogP contribution is -2.24. The Bertz CT molecular complexity index is 486. The van der Waals surface area contributed by atoms with Crippen LogP contribution in [0.2, 0.25) is 0 Å². The number of amides is 1. The molecule has 0 aliphatic rings. The molecule has 0 saturated heterocycles. The van der Waals surface area contributed by atoms with Gasteiger partial charge in [0.25, 0.3) is 5.91 Å². The van der Waals surface area contributed by atoms with E-state index in [4.69, 9.17) is 0 Å². The standard InChI is InChI=1S/C11H8Br2F3NO/c1-6(12)5-17-10(18)7-2-3-9(13)8(4-7)11(14,15)16/h2-4H,1,5H2,(H,17,18). The second-order valence-corrected chi connectivity index (χ2v) is 5.37. The average Bonchev–Trinajstić information content (AvgIpc) is 2.24. The monoisotopic (exact) mass is 385 g/mol. The van der Waals surface area contributed by atoms with E-state index in [1.54, 1.807) is 0 Å². The fourth-order valence-corrected chi connectivity index (χ4v) is 1.77. The van der Waals surface area contributed by atoms with Crippen molar-refractivity contribution < 1.29 is 18.0 Å². The van der Waals surface area contributed by atoms with Crippen molar-refractivity contribution in [2.75, 3.05) is 6.54 Å². The number of hydrogen-bond donors (Lipinski definition) is 1. The maximum atomic E-state index is 12.6. The van der Waals surface area contributed by atoms with Crippen LogP contribution in [0, 0.1) is 0 Å². The van der Waals surface area contributed by atoms with E-state index in [0.717, 1.165) is 6.07 Å². The molecule has 0 unspecified atom stereocenters. The van der Waals surface area contributed by atoms with Crippen LogP contribution < -0.4 is 5.32 Å². The van der Waals surface area contributed by atoms with E-state index < -0.39 is 17.6 Å². The summed E-state index contributed by atoms with van der Waals surface area (Å²) in [5.74, 6) is -0.589. The van der Waals surface area contributed by atoms with Gasteiger partial charge in [0.1, 0.15) is 0 Å². The Labute approximate surface area is 119 Å². The van der Waals surface area contributed by atoms with E-state index in [9.17, 15) is 18.0 Å². The van der Waals surface area contributed by atoms with Crippen LogP contribution in [-0.4, -0.2) is 12.5 Å². The largest absolute Gasteiger partial charge is 0.417 e. The molecule has 0 aliphatic carbocycles. The van der Waals surface area contributed by atoms with E-state index in [1.165, 1.54) is 12.1 Å². The minimum absolute atomic E-state index is 0.0562. The molecule has 0 spiro atoms. The number of hydrogen-bond acceptors (Lipinski definition) is 1. The molecular formula is C11H8Br2F3NO. The maximum absolute atomic E-state index is 12.6. The molecule has 0 aliphatic heterocycles. The lowest BCUT2D eigenvalue weighted by molar-refractivity contribution is -0.138. The summed E-state index contributed by atoms with van der Waals surface area (Å²) in [4.78, 5) is 11.6. The van der Waals surface area contributed by atoms with E-state index in [1.807, 2.05) is 0 Å². The third kappa shape index (κ3) is 4.13. The van der Waals surface area contributed by atoms with Crippen molar-refractivity contribution in [3.63, 3.8) is 0 Å². The van der Waals surface area contributed by atoms with Crippen LogP contribution in [0.15, 0.2) is 33.7 Å². The van der Waals surface area contributed by atoms with Crippen molar-refractivity contribution in [1.29, 1.82) is 0 Å². The van der Waals surface area contributed by atoms with Crippen LogP contribution in [0.25, 0.3) is 0 Å². The van der Waals surface area contributed by atoms with Gasteiger partial charge in [0.05, 0.1) is 5.56 Å². The molecule has 1 amide bonds. The molecule has 1 N–H and O–H groups in total. The number of alkyl halides is 3. The van der Waals surface area contributed by atoms with Gasteiger partial charge in [-0.05, 0) is 18.2 Å². The first-order chi connectivity index (χ1) is 8.21. The summed E-state index contributed by atoms with van der Waals surface area (Å²) in [7, 11) is 0. The predicted molar refractivity (Wildman–Crippen MR) is 69.5 cm³/mol. The highest BCUT2D eigenvalue weighted by molar-refractivity contribution is 9.11. The smallest absolute Gasteiger partial charge is 0.347 e. The highest BCUT2D eigenvalue weighted by atomic mass is 79.9. The van der Waals surface area contributed by atoms with Crippen molar-refractivity contribution in [2.24, 2.45) is 0 Å². The van der Waals surface area contributed by atoms with Gasteiger partial charge in [-0.2, -0.15) is 13.2 Å². The van der Waals surface area contributed by atoms with Crippen LogP contribution in [0.3, 0.4) is 0 Å². The van der Waals surface area contributed by atoms with E-state index in [0.29, 0.717) is 4.48 Å². The van der Waals surface area contributed by atoms with Crippen LogP contribution >= 0.6 is 31.9 Å². The lowest BCUT2D eigenvalue weighted by atomic mass is 10.1. The molecule has 0 heterocycles. The van der Waals surface area contributed by atoms with Crippen molar-refractivity contribution in [3.05, 3.63) is 44.9 Å². The Hall–Kier alpha value is -0.820. The molecule has 7 heteroatoms. The van der Waals surface area contributed by atoms with E-state index in [2.05, 4.69) is 43.8 Å². The summed E-state index contributed by atoms with van der Waals surface area (Å²) in [6.45, 7) is 3.66. The Balaban J connectivity index is 2.98. The first-order valence-corrected chi connectivity index (χ1v) is 6.28. The molecule has 0 saturated carbocycles.